The van der Waals surface area contributed by atoms with E-state index in [0.717, 1.165) is 11.1 Å². The van der Waals surface area contributed by atoms with Crippen LogP contribution < -0.4 is 5.32 Å². The van der Waals surface area contributed by atoms with Gasteiger partial charge in [-0.2, -0.15) is 0 Å². The number of aromatic carboxylic acids is 1. The molecule has 5 heteroatoms. The summed E-state index contributed by atoms with van der Waals surface area (Å²) in [6, 6.07) is 5.07. The number of hydrogen-bond acceptors (Lipinski definition) is 2. The monoisotopic (exact) mass is 234 g/mol. The van der Waals surface area contributed by atoms with Crippen LogP contribution in [0, 0.1) is 0 Å². The van der Waals surface area contributed by atoms with Gasteiger partial charge in [0.2, 0.25) is 0 Å². The average molecular weight is 234 g/mol. The maximum absolute atomic E-state index is 11.5. The van der Waals surface area contributed by atoms with Crippen LogP contribution in [0.25, 0.3) is 0 Å². The van der Waals surface area contributed by atoms with Gasteiger partial charge in [-0.1, -0.05) is 12.1 Å². The zero-order chi connectivity index (χ0) is 12.4. The topological polar surface area (TPSA) is 69.6 Å². The van der Waals surface area contributed by atoms with Crippen molar-refractivity contribution in [1.82, 2.24) is 10.2 Å². The quantitative estimate of drug-likeness (QED) is 0.764. The number of urea groups is 1. The van der Waals surface area contributed by atoms with Gasteiger partial charge in [-0.15, -0.1) is 0 Å². The highest BCUT2D eigenvalue weighted by molar-refractivity contribution is 5.90. The molecule has 1 aromatic rings. The fraction of sp³-hybridized carbons (Fsp3) is 0.333. The summed E-state index contributed by atoms with van der Waals surface area (Å²) in [5.74, 6) is -0.907. The minimum Gasteiger partial charge on any atom is -0.478 e. The molecule has 0 radical (unpaired) electrons. The van der Waals surface area contributed by atoms with Gasteiger partial charge in [0.15, 0.2) is 0 Å². The van der Waals surface area contributed by atoms with Gasteiger partial charge in [0.1, 0.15) is 0 Å². The lowest BCUT2D eigenvalue weighted by molar-refractivity contribution is 0.0695. The number of fused-ring (bicyclic) bond motifs is 1. The minimum absolute atomic E-state index is 0.128. The molecule has 0 saturated carbocycles. The van der Waals surface area contributed by atoms with E-state index in [1.165, 1.54) is 0 Å². The van der Waals surface area contributed by atoms with E-state index in [0.29, 0.717) is 25.1 Å². The Morgan fingerprint density at radius 1 is 1.41 bits per heavy atom. The summed E-state index contributed by atoms with van der Waals surface area (Å²) in [4.78, 5) is 24.2. The maximum Gasteiger partial charge on any atom is 0.335 e. The lowest BCUT2D eigenvalue weighted by Crippen LogP contribution is -2.41. The molecule has 0 aliphatic carbocycles. The second-order valence-electron chi connectivity index (χ2n) is 3.98. The number of nitrogens with zero attached hydrogens (tertiary/aromatic N) is 1. The lowest BCUT2D eigenvalue weighted by Gasteiger charge is -2.29. The SMILES string of the molecule is CNC(=O)N1CCc2c(cccc2C(=O)O)C1. The van der Waals surface area contributed by atoms with Crippen molar-refractivity contribution < 1.29 is 14.7 Å². The highest BCUT2D eigenvalue weighted by atomic mass is 16.4. The molecular formula is C12H14N2O3. The molecule has 0 saturated heterocycles. The Balaban J connectivity index is 2.31. The van der Waals surface area contributed by atoms with E-state index in [1.54, 1.807) is 24.1 Å². The van der Waals surface area contributed by atoms with Gasteiger partial charge in [-0.25, -0.2) is 9.59 Å². The first-order chi connectivity index (χ1) is 8.13. The van der Waals surface area contributed by atoms with Gasteiger partial charge in [-0.05, 0) is 23.6 Å². The number of benzene rings is 1. The van der Waals surface area contributed by atoms with Crippen molar-refractivity contribution in [2.75, 3.05) is 13.6 Å². The first-order valence-electron chi connectivity index (χ1n) is 5.44. The zero-order valence-corrected chi connectivity index (χ0v) is 9.56. The van der Waals surface area contributed by atoms with Crippen LogP contribution in [0.4, 0.5) is 4.79 Å². The molecule has 0 bridgehead atoms. The van der Waals surface area contributed by atoms with Gasteiger partial charge in [0.05, 0.1) is 5.56 Å². The number of carbonyl (C=O) groups excluding carboxylic acids is 1. The van der Waals surface area contributed by atoms with Gasteiger partial charge in [-0.3, -0.25) is 0 Å². The van der Waals surface area contributed by atoms with Crippen LogP contribution in [0.3, 0.4) is 0 Å². The van der Waals surface area contributed by atoms with Gasteiger partial charge >= 0.3 is 12.0 Å². The minimum atomic E-state index is -0.907. The Morgan fingerprint density at radius 3 is 2.82 bits per heavy atom. The van der Waals surface area contributed by atoms with Crippen molar-refractivity contribution >= 4 is 12.0 Å². The van der Waals surface area contributed by atoms with E-state index in [2.05, 4.69) is 5.32 Å². The van der Waals surface area contributed by atoms with Gasteiger partial charge < -0.3 is 15.3 Å². The number of amides is 2. The summed E-state index contributed by atoms with van der Waals surface area (Å²) < 4.78 is 0. The van der Waals surface area contributed by atoms with Crippen molar-refractivity contribution in [3.8, 4) is 0 Å². The molecule has 2 amide bonds. The number of carboxylic acids is 1. The van der Waals surface area contributed by atoms with Crippen LogP contribution in [0.2, 0.25) is 0 Å². The molecular weight excluding hydrogens is 220 g/mol. The molecule has 0 aromatic heterocycles. The van der Waals surface area contributed by atoms with E-state index in [4.69, 9.17) is 5.11 Å². The summed E-state index contributed by atoms with van der Waals surface area (Å²) in [5, 5.41) is 11.6. The van der Waals surface area contributed by atoms with Crippen LogP contribution in [0.15, 0.2) is 18.2 Å². The lowest BCUT2D eigenvalue weighted by atomic mass is 9.95. The first kappa shape index (κ1) is 11.4. The van der Waals surface area contributed by atoms with E-state index in [-0.39, 0.29) is 6.03 Å². The third-order valence-electron chi connectivity index (χ3n) is 3.00. The summed E-state index contributed by atoms with van der Waals surface area (Å²) in [5.41, 5.74) is 2.11. The Bertz CT molecular complexity index is 471. The molecule has 0 fully saturated rings. The molecule has 17 heavy (non-hydrogen) atoms. The molecule has 5 nitrogen and oxygen atoms in total. The molecule has 1 aliphatic rings. The smallest absolute Gasteiger partial charge is 0.335 e. The molecule has 2 N–H and O–H groups in total. The van der Waals surface area contributed by atoms with Crippen molar-refractivity contribution in [3.63, 3.8) is 0 Å². The second-order valence-corrected chi connectivity index (χ2v) is 3.98. The van der Waals surface area contributed by atoms with E-state index in [1.807, 2.05) is 6.07 Å². The molecule has 0 unspecified atom stereocenters. The van der Waals surface area contributed by atoms with Gasteiger partial charge in [0, 0.05) is 20.1 Å². The van der Waals surface area contributed by atoms with Crippen LogP contribution in [0.1, 0.15) is 21.5 Å². The van der Waals surface area contributed by atoms with Crippen LogP contribution in [-0.4, -0.2) is 35.6 Å². The molecule has 2 rings (SSSR count). The Morgan fingerprint density at radius 2 is 2.18 bits per heavy atom. The third kappa shape index (κ3) is 2.08. The molecule has 1 aliphatic heterocycles. The fourth-order valence-corrected chi connectivity index (χ4v) is 2.14. The standard InChI is InChI=1S/C12H14N2O3/c1-13-12(17)14-6-5-9-8(7-14)3-2-4-10(9)11(15)16/h2-4H,5-7H2,1H3,(H,13,17)(H,15,16). The zero-order valence-electron chi connectivity index (χ0n) is 9.56. The summed E-state index contributed by atoms with van der Waals surface area (Å²) in [6.07, 6.45) is 0.589. The predicted octanol–water partition coefficient (Wildman–Crippen LogP) is 1.08. The first-order valence-corrected chi connectivity index (χ1v) is 5.44. The molecule has 1 aromatic carbocycles. The number of hydrogen-bond donors (Lipinski definition) is 2. The highest BCUT2D eigenvalue weighted by Gasteiger charge is 2.23. The normalized spacial score (nSPS) is 14.1. The fourth-order valence-electron chi connectivity index (χ4n) is 2.14. The largest absolute Gasteiger partial charge is 0.478 e. The Labute approximate surface area is 99.0 Å². The highest BCUT2D eigenvalue weighted by Crippen LogP contribution is 2.22. The molecule has 0 atom stereocenters. The summed E-state index contributed by atoms with van der Waals surface area (Å²) >= 11 is 0. The molecule has 0 spiro atoms. The molecule has 1 heterocycles. The van der Waals surface area contributed by atoms with Crippen molar-refractivity contribution in [2.45, 2.75) is 13.0 Å². The van der Waals surface area contributed by atoms with Crippen LogP contribution in [-0.2, 0) is 13.0 Å². The predicted molar refractivity (Wildman–Crippen MR) is 62.0 cm³/mol. The Hall–Kier alpha value is -2.04. The summed E-state index contributed by atoms with van der Waals surface area (Å²) in [6.45, 7) is 1.02. The third-order valence-corrected chi connectivity index (χ3v) is 3.00. The van der Waals surface area contributed by atoms with Crippen LogP contribution in [0.5, 0.6) is 0 Å². The number of rotatable bonds is 1. The van der Waals surface area contributed by atoms with E-state index < -0.39 is 5.97 Å². The Kier molecular flexibility index (Phi) is 2.99. The number of carboxylic acid groups (broad SMARTS) is 1. The second kappa shape index (κ2) is 4.45. The maximum atomic E-state index is 11.5. The van der Waals surface area contributed by atoms with Crippen molar-refractivity contribution in [3.05, 3.63) is 34.9 Å². The van der Waals surface area contributed by atoms with Crippen molar-refractivity contribution in [2.24, 2.45) is 0 Å². The van der Waals surface area contributed by atoms with E-state index in [9.17, 15) is 9.59 Å². The number of carbonyl (C=O) groups is 2. The summed E-state index contributed by atoms with van der Waals surface area (Å²) in [7, 11) is 1.59. The molecule has 90 valence electrons. The van der Waals surface area contributed by atoms with E-state index >= 15 is 0 Å². The van der Waals surface area contributed by atoms with Crippen LogP contribution >= 0.6 is 0 Å². The van der Waals surface area contributed by atoms with Gasteiger partial charge in [0.25, 0.3) is 0 Å². The average Bonchev–Trinajstić information content (AvgIpc) is 2.36. The van der Waals surface area contributed by atoms with Crippen molar-refractivity contribution in [1.29, 1.82) is 0 Å². The number of nitrogens with one attached hydrogen (secondary N) is 1.